The molecule has 1 aliphatic rings. The number of benzene rings is 2. The highest BCUT2D eigenvalue weighted by molar-refractivity contribution is 9.11. The summed E-state index contributed by atoms with van der Waals surface area (Å²) >= 11 is 6.76. The summed E-state index contributed by atoms with van der Waals surface area (Å²) in [5.74, 6) is 0.208. The lowest BCUT2D eigenvalue weighted by molar-refractivity contribution is 0.272. The van der Waals surface area contributed by atoms with E-state index in [9.17, 15) is 5.11 Å². The number of rotatable bonds is 3. The van der Waals surface area contributed by atoms with Gasteiger partial charge in [-0.3, -0.25) is 5.01 Å². The van der Waals surface area contributed by atoms with Crippen molar-refractivity contribution in [2.45, 2.75) is 0 Å². The van der Waals surface area contributed by atoms with Crippen LogP contribution in [0.5, 0.6) is 5.75 Å². The molecule has 0 aromatic heterocycles. The Bertz CT molecular complexity index is 698. The van der Waals surface area contributed by atoms with Gasteiger partial charge in [-0.05, 0) is 40.2 Å². The first kappa shape index (κ1) is 16.3. The average Bonchev–Trinajstić information content (AvgIpc) is 2.58. The predicted octanol–water partition coefficient (Wildman–Crippen LogP) is 4.07. The van der Waals surface area contributed by atoms with Crippen molar-refractivity contribution in [3.63, 3.8) is 0 Å². The van der Waals surface area contributed by atoms with Crippen LogP contribution in [0.15, 0.2) is 56.5 Å². The Morgan fingerprint density at radius 1 is 1.00 bits per heavy atom. The highest BCUT2D eigenvalue weighted by Crippen LogP contribution is 2.30. The number of phenols is 1. The highest BCUT2D eigenvalue weighted by atomic mass is 79.9. The van der Waals surface area contributed by atoms with Crippen LogP contribution < -0.4 is 4.90 Å². The van der Waals surface area contributed by atoms with Crippen molar-refractivity contribution in [2.75, 3.05) is 31.1 Å². The highest BCUT2D eigenvalue weighted by Gasteiger charge is 2.15. The first-order valence-corrected chi connectivity index (χ1v) is 8.99. The van der Waals surface area contributed by atoms with Gasteiger partial charge >= 0.3 is 0 Å². The van der Waals surface area contributed by atoms with Gasteiger partial charge in [-0.15, -0.1) is 0 Å². The number of hydrazone groups is 1. The van der Waals surface area contributed by atoms with Gasteiger partial charge in [-0.25, -0.2) is 0 Å². The molecule has 0 amide bonds. The molecule has 3 rings (SSSR count). The normalized spacial score (nSPS) is 15.4. The summed E-state index contributed by atoms with van der Waals surface area (Å²) in [7, 11) is 0. The van der Waals surface area contributed by atoms with Gasteiger partial charge in [0.15, 0.2) is 0 Å². The van der Waals surface area contributed by atoms with E-state index < -0.39 is 0 Å². The average molecular weight is 439 g/mol. The summed E-state index contributed by atoms with van der Waals surface area (Å²) in [6, 6.07) is 14.1. The van der Waals surface area contributed by atoms with Crippen LogP contribution in [-0.2, 0) is 0 Å². The summed E-state index contributed by atoms with van der Waals surface area (Å²) in [4.78, 5) is 2.36. The quantitative estimate of drug-likeness (QED) is 0.734. The minimum atomic E-state index is 0.208. The molecule has 2 aromatic rings. The Morgan fingerprint density at radius 3 is 2.39 bits per heavy atom. The lowest BCUT2D eigenvalue weighted by Gasteiger charge is -2.34. The summed E-state index contributed by atoms with van der Waals surface area (Å²) in [6.45, 7) is 3.60. The van der Waals surface area contributed by atoms with Crippen molar-refractivity contribution in [1.29, 1.82) is 0 Å². The van der Waals surface area contributed by atoms with Gasteiger partial charge < -0.3 is 10.0 Å². The van der Waals surface area contributed by atoms with E-state index in [-0.39, 0.29) is 5.75 Å². The van der Waals surface area contributed by atoms with Gasteiger partial charge in [0, 0.05) is 28.8 Å². The minimum Gasteiger partial charge on any atom is -0.506 e. The third-order valence-corrected chi connectivity index (χ3v) is 4.86. The van der Waals surface area contributed by atoms with Crippen LogP contribution in [-0.4, -0.2) is 42.5 Å². The van der Waals surface area contributed by atoms with Crippen LogP contribution in [0.4, 0.5) is 5.69 Å². The number of halogens is 2. The van der Waals surface area contributed by atoms with Crippen molar-refractivity contribution in [3.05, 3.63) is 57.0 Å². The molecular weight excluding hydrogens is 422 g/mol. The first-order valence-electron chi connectivity index (χ1n) is 7.40. The largest absolute Gasteiger partial charge is 0.506 e. The van der Waals surface area contributed by atoms with Crippen LogP contribution in [0.25, 0.3) is 0 Å². The Labute approximate surface area is 152 Å². The van der Waals surface area contributed by atoms with E-state index in [1.165, 1.54) is 5.69 Å². The Hall–Kier alpha value is -1.53. The molecule has 0 saturated carbocycles. The second-order valence-electron chi connectivity index (χ2n) is 5.35. The predicted molar refractivity (Wildman–Crippen MR) is 101 cm³/mol. The van der Waals surface area contributed by atoms with Crippen molar-refractivity contribution < 1.29 is 5.11 Å². The van der Waals surface area contributed by atoms with Gasteiger partial charge in [0.05, 0.1) is 23.8 Å². The SMILES string of the molecule is Oc1c(Br)cc(Br)cc1/C=N\N1CCN(c2ccccc2)CC1. The molecular formula is C17H17Br2N3O. The number of hydrogen-bond acceptors (Lipinski definition) is 4. The van der Waals surface area contributed by atoms with Gasteiger partial charge in [0.2, 0.25) is 0 Å². The molecule has 1 fully saturated rings. The minimum absolute atomic E-state index is 0.208. The zero-order valence-electron chi connectivity index (χ0n) is 12.5. The molecule has 1 heterocycles. The molecule has 0 radical (unpaired) electrons. The molecule has 0 bridgehead atoms. The lowest BCUT2D eigenvalue weighted by Crippen LogP contribution is -2.44. The van der Waals surface area contributed by atoms with Crippen LogP contribution in [0.1, 0.15) is 5.56 Å². The molecule has 23 heavy (non-hydrogen) atoms. The lowest BCUT2D eigenvalue weighted by atomic mass is 10.2. The summed E-state index contributed by atoms with van der Waals surface area (Å²) in [5, 5.41) is 16.6. The number of para-hydroxylation sites is 1. The first-order chi connectivity index (χ1) is 11.1. The van der Waals surface area contributed by atoms with Crippen molar-refractivity contribution in [2.24, 2.45) is 5.10 Å². The molecule has 1 N–H and O–H groups in total. The number of piperazine rings is 1. The molecule has 0 spiro atoms. The number of hydrogen-bond donors (Lipinski definition) is 1. The van der Waals surface area contributed by atoms with Gasteiger partial charge in [0.25, 0.3) is 0 Å². The topological polar surface area (TPSA) is 39.1 Å². The molecule has 4 nitrogen and oxygen atoms in total. The van der Waals surface area contributed by atoms with Gasteiger partial charge in [0.1, 0.15) is 5.75 Å². The smallest absolute Gasteiger partial charge is 0.138 e. The number of aromatic hydroxyl groups is 1. The maximum absolute atomic E-state index is 10.1. The van der Waals surface area contributed by atoms with E-state index in [4.69, 9.17) is 0 Å². The van der Waals surface area contributed by atoms with E-state index in [1.54, 1.807) is 6.21 Å². The van der Waals surface area contributed by atoms with Crippen molar-refractivity contribution in [1.82, 2.24) is 5.01 Å². The summed E-state index contributed by atoms with van der Waals surface area (Å²) in [6.07, 6.45) is 1.71. The van der Waals surface area contributed by atoms with Gasteiger partial charge in [-0.1, -0.05) is 34.1 Å². The third-order valence-electron chi connectivity index (χ3n) is 3.80. The molecule has 0 unspecified atom stereocenters. The fraction of sp³-hybridized carbons (Fsp3) is 0.235. The van der Waals surface area contributed by atoms with E-state index in [1.807, 2.05) is 23.2 Å². The van der Waals surface area contributed by atoms with Crippen molar-refractivity contribution in [3.8, 4) is 5.75 Å². The number of anilines is 1. The zero-order valence-corrected chi connectivity index (χ0v) is 15.7. The van der Waals surface area contributed by atoms with Crippen LogP contribution in [0.3, 0.4) is 0 Å². The fourth-order valence-electron chi connectivity index (χ4n) is 2.54. The maximum Gasteiger partial charge on any atom is 0.138 e. The van der Waals surface area contributed by atoms with E-state index in [0.29, 0.717) is 10.0 Å². The standard InChI is InChI=1S/C17H17Br2N3O/c18-14-10-13(17(23)16(19)11-14)12-20-22-8-6-21(7-9-22)15-4-2-1-3-5-15/h1-5,10-12,23H,6-9H2/b20-12-. The Kier molecular flexibility index (Phi) is 5.23. The number of nitrogens with zero attached hydrogens (tertiary/aromatic N) is 3. The Balaban J connectivity index is 1.63. The molecule has 1 saturated heterocycles. The summed E-state index contributed by atoms with van der Waals surface area (Å²) in [5.41, 5.74) is 1.95. The maximum atomic E-state index is 10.1. The fourth-order valence-corrected chi connectivity index (χ4v) is 3.79. The Morgan fingerprint density at radius 2 is 1.70 bits per heavy atom. The monoisotopic (exact) mass is 437 g/mol. The molecule has 2 aromatic carbocycles. The molecule has 1 aliphatic heterocycles. The van der Waals surface area contributed by atoms with E-state index in [2.05, 4.69) is 66.1 Å². The molecule has 0 aliphatic carbocycles. The molecule has 6 heteroatoms. The van der Waals surface area contributed by atoms with E-state index >= 15 is 0 Å². The van der Waals surface area contributed by atoms with Crippen LogP contribution in [0.2, 0.25) is 0 Å². The molecule has 0 atom stereocenters. The van der Waals surface area contributed by atoms with Gasteiger partial charge in [-0.2, -0.15) is 5.10 Å². The van der Waals surface area contributed by atoms with Crippen molar-refractivity contribution >= 4 is 43.8 Å². The summed E-state index contributed by atoms with van der Waals surface area (Å²) < 4.78 is 1.56. The second-order valence-corrected chi connectivity index (χ2v) is 7.12. The van der Waals surface area contributed by atoms with E-state index in [0.717, 1.165) is 30.7 Å². The zero-order chi connectivity index (χ0) is 16.2. The molecule has 120 valence electrons. The van der Waals surface area contributed by atoms with Crippen LogP contribution >= 0.6 is 31.9 Å². The second kappa shape index (κ2) is 7.36. The number of phenolic OH excluding ortho intramolecular Hbond substituents is 1. The third kappa shape index (κ3) is 4.06. The van der Waals surface area contributed by atoms with Crippen LogP contribution in [0, 0.1) is 0 Å².